The van der Waals surface area contributed by atoms with Crippen molar-refractivity contribution in [2.75, 3.05) is 0 Å². The molecular formula is C22H19N7O2S. The first-order valence-corrected chi connectivity index (χ1v) is 10.8. The fourth-order valence-electron chi connectivity index (χ4n) is 3.65. The highest BCUT2D eigenvalue weighted by Crippen LogP contribution is 2.32. The molecule has 3 heterocycles. The zero-order chi connectivity index (χ0) is 22.3. The number of nitrogens with one attached hydrogen (secondary N) is 1. The van der Waals surface area contributed by atoms with E-state index in [1.807, 2.05) is 42.6 Å². The normalized spacial score (nSPS) is 18.2. The number of tetrazole rings is 1. The van der Waals surface area contributed by atoms with Crippen LogP contribution in [0.4, 0.5) is 4.79 Å². The van der Waals surface area contributed by atoms with Crippen molar-refractivity contribution < 1.29 is 9.59 Å². The van der Waals surface area contributed by atoms with Crippen molar-refractivity contribution in [2.45, 2.75) is 25.9 Å². The Kier molecular flexibility index (Phi) is 4.78. The van der Waals surface area contributed by atoms with Gasteiger partial charge in [-0.25, -0.2) is 14.5 Å². The van der Waals surface area contributed by atoms with Gasteiger partial charge in [0.05, 0.1) is 17.9 Å². The van der Waals surface area contributed by atoms with E-state index in [4.69, 9.17) is 0 Å². The van der Waals surface area contributed by atoms with E-state index in [1.165, 1.54) is 32.8 Å². The number of nitrogens with zero attached hydrogens (tertiary/aromatic N) is 6. The molecule has 0 bridgehead atoms. The van der Waals surface area contributed by atoms with Crippen LogP contribution in [-0.2, 0) is 16.9 Å². The number of hydrogen-bond donors (Lipinski definition) is 1. The number of aromatic nitrogens is 5. The van der Waals surface area contributed by atoms with Gasteiger partial charge in [0, 0.05) is 10.9 Å². The van der Waals surface area contributed by atoms with Gasteiger partial charge in [0.2, 0.25) is 0 Å². The molecule has 3 amide bonds. The number of amides is 3. The van der Waals surface area contributed by atoms with E-state index in [0.29, 0.717) is 16.9 Å². The third-order valence-corrected chi connectivity index (χ3v) is 6.42. The Morgan fingerprint density at radius 1 is 1.12 bits per heavy atom. The lowest BCUT2D eigenvalue weighted by Crippen LogP contribution is -2.40. The highest BCUT2D eigenvalue weighted by Gasteiger charge is 2.49. The first-order valence-electron chi connectivity index (χ1n) is 9.93. The number of thiazole rings is 1. The summed E-state index contributed by atoms with van der Waals surface area (Å²) in [5.41, 5.74) is 2.99. The smallest absolute Gasteiger partial charge is 0.319 e. The van der Waals surface area contributed by atoms with E-state index in [9.17, 15) is 9.59 Å². The van der Waals surface area contributed by atoms with Crippen molar-refractivity contribution in [1.82, 2.24) is 35.4 Å². The molecular weight excluding hydrogens is 426 g/mol. The van der Waals surface area contributed by atoms with Gasteiger partial charge in [-0.1, -0.05) is 42.0 Å². The number of rotatable bonds is 5. The minimum atomic E-state index is -1.20. The molecule has 1 aliphatic heterocycles. The lowest BCUT2D eigenvalue weighted by atomic mass is 9.91. The molecule has 32 heavy (non-hydrogen) atoms. The molecule has 4 aromatic rings. The molecule has 9 nitrogen and oxygen atoms in total. The predicted octanol–water partition coefficient (Wildman–Crippen LogP) is 3.06. The number of carbonyl (C=O) groups excluding carboxylic acids is 2. The van der Waals surface area contributed by atoms with Gasteiger partial charge in [0.15, 0.2) is 0 Å². The molecule has 1 atom stereocenters. The van der Waals surface area contributed by atoms with Crippen LogP contribution >= 0.6 is 11.3 Å². The van der Waals surface area contributed by atoms with E-state index < -0.39 is 11.6 Å². The van der Waals surface area contributed by atoms with Crippen LogP contribution < -0.4 is 5.32 Å². The Bertz CT molecular complexity index is 1300. The second-order valence-electron chi connectivity index (χ2n) is 7.76. The van der Waals surface area contributed by atoms with Crippen LogP contribution in [0.5, 0.6) is 0 Å². The lowest BCUT2D eigenvalue weighted by Gasteiger charge is -2.22. The van der Waals surface area contributed by atoms with Crippen LogP contribution in [0.2, 0.25) is 0 Å². The Balaban J connectivity index is 1.39. The molecule has 5 rings (SSSR count). The summed E-state index contributed by atoms with van der Waals surface area (Å²) in [7, 11) is 0. The number of aryl methyl sites for hydroxylation is 1. The first kappa shape index (κ1) is 20.0. The summed E-state index contributed by atoms with van der Waals surface area (Å²) in [4.78, 5) is 31.9. The van der Waals surface area contributed by atoms with E-state index in [2.05, 4.69) is 25.8 Å². The Labute approximate surface area is 187 Å². The van der Waals surface area contributed by atoms with Crippen LogP contribution in [0.1, 0.15) is 23.7 Å². The molecule has 0 radical (unpaired) electrons. The lowest BCUT2D eigenvalue weighted by molar-refractivity contribution is -0.131. The third-order valence-electron chi connectivity index (χ3n) is 5.48. The number of urea groups is 1. The maximum atomic E-state index is 13.3. The minimum Gasteiger partial charge on any atom is -0.319 e. The van der Waals surface area contributed by atoms with Crippen molar-refractivity contribution in [3.05, 3.63) is 77.1 Å². The molecule has 1 aliphatic rings. The summed E-state index contributed by atoms with van der Waals surface area (Å²) in [5.74, 6) is -0.332. The Hall–Kier alpha value is -3.92. The summed E-state index contributed by atoms with van der Waals surface area (Å²) in [5, 5.41) is 16.7. The van der Waals surface area contributed by atoms with Crippen LogP contribution in [-0.4, -0.2) is 42.0 Å². The number of imide groups is 1. The maximum absolute atomic E-state index is 13.3. The second kappa shape index (κ2) is 7.65. The number of hydrogen-bond acceptors (Lipinski definition) is 7. The molecule has 1 fully saturated rings. The zero-order valence-corrected chi connectivity index (χ0v) is 18.2. The fourth-order valence-corrected chi connectivity index (χ4v) is 4.46. The summed E-state index contributed by atoms with van der Waals surface area (Å²) in [6.45, 7) is 3.84. The van der Waals surface area contributed by atoms with Gasteiger partial charge in [-0.3, -0.25) is 9.69 Å². The minimum absolute atomic E-state index is 0.106. The van der Waals surface area contributed by atoms with Gasteiger partial charge in [-0.2, -0.15) is 0 Å². The van der Waals surface area contributed by atoms with Gasteiger partial charge in [-0.15, -0.1) is 16.4 Å². The average Bonchev–Trinajstić information content (AvgIpc) is 3.53. The van der Waals surface area contributed by atoms with E-state index >= 15 is 0 Å². The van der Waals surface area contributed by atoms with Crippen LogP contribution in [0.3, 0.4) is 0 Å². The SMILES string of the molecule is Cc1ccc(-c2nc(CN3C(=O)N[C@@](C)(c4cccc(-n5cnnn5)c4)C3=O)cs2)cc1. The topological polar surface area (TPSA) is 106 Å². The summed E-state index contributed by atoms with van der Waals surface area (Å²) >= 11 is 1.49. The monoisotopic (exact) mass is 445 g/mol. The van der Waals surface area contributed by atoms with Crippen LogP contribution in [0.25, 0.3) is 16.3 Å². The molecule has 160 valence electrons. The van der Waals surface area contributed by atoms with E-state index in [1.54, 1.807) is 25.1 Å². The molecule has 0 saturated carbocycles. The average molecular weight is 446 g/mol. The quantitative estimate of drug-likeness (QED) is 0.473. The van der Waals surface area contributed by atoms with Crippen molar-refractivity contribution in [1.29, 1.82) is 0 Å². The third kappa shape index (κ3) is 3.44. The highest BCUT2D eigenvalue weighted by atomic mass is 32.1. The van der Waals surface area contributed by atoms with Gasteiger partial charge in [0.1, 0.15) is 16.9 Å². The predicted molar refractivity (Wildman–Crippen MR) is 118 cm³/mol. The van der Waals surface area contributed by atoms with Crippen molar-refractivity contribution in [2.24, 2.45) is 0 Å². The van der Waals surface area contributed by atoms with Gasteiger partial charge in [-0.05, 0) is 42.0 Å². The molecule has 10 heteroatoms. The van der Waals surface area contributed by atoms with Crippen LogP contribution in [0, 0.1) is 6.92 Å². The molecule has 1 N–H and O–H groups in total. The van der Waals surface area contributed by atoms with Crippen molar-refractivity contribution >= 4 is 23.3 Å². The van der Waals surface area contributed by atoms with Gasteiger partial charge >= 0.3 is 6.03 Å². The Morgan fingerprint density at radius 3 is 2.69 bits per heavy atom. The summed E-state index contributed by atoms with van der Waals surface area (Å²) in [6, 6.07) is 14.9. The fraction of sp³-hybridized carbons (Fsp3) is 0.182. The first-order chi connectivity index (χ1) is 15.4. The molecule has 0 unspecified atom stereocenters. The Morgan fingerprint density at radius 2 is 1.94 bits per heavy atom. The molecule has 0 aliphatic carbocycles. The zero-order valence-electron chi connectivity index (χ0n) is 17.4. The van der Waals surface area contributed by atoms with Gasteiger partial charge in [0.25, 0.3) is 5.91 Å². The summed E-state index contributed by atoms with van der Waals surface area (Å²) in [6.07, 6.45) is 1.47. The van der Waals surface area contributed by atoms with Gasteiger partial charge < -0.3 is 5.32 Å². The van der Waals surface area contributed by atoms with Crippen molar-refractivity contribution in [3.63, 3.8) is 0 Å². The molecule has 2 aromatic heterocycles. The standard InChI is InChI=1S/C22H19N7O2S/c1-14-6-8-15(9-7-14)19-24-17(12-32-19)11-28-20(30)22(2,25-21(28)31)16-4-3-5-18(10-16)29-13-23-26-27-29/h3-10,12-13H,11H2,1-2H3,(H,25,31)/t22-/m0/s1. The number of carbonyl (C=O) groups is 2. The second-order valence-corrected chi connectivity index (χ2v) is 8.62. The highest BCUT2D eigenvalue weighted by molar-refractivity contribution is 7.13. The summed E-state index contributed by atoms with van der Waals surface area (Å²) < 4.78 is 1.49. The molecule has 1 saturated heterocycles. The largest absolute Gasteiger partial charge is 0.325 e. The van der Waals surface area contributed by atoms with E-state index in [0.717, 1.165) is 10.6 Å². The molecule has 0 spiro atoms. The number of benzene rings is 2. The van der Waals surface area contributed by atoms with E-state index in [-0.39, 0.29) is 12.5 Å². The maximum Gasteiger partial charge on any atom is 0.325 e. The van der Waals surface area contributed by atoms with Crippen molar-refractivity contribution in [3.8, 4) is 16.3 Å². The van der Waals surface area contributed by atoms with Crippen LogP contribution in [0.15, 0.2) is 60.2 Å². The molecule has 2 aromatic carbocycles.